The summed E-state index contributed by atoms with van der Waals surface area (Å²) in [5, 5.41) is 0. The highest BCUT2D eigenvalue weighted by Crippen LogP contribution is 2.59. The first-order valence-corrected chi connectivity index (χ1v) is 32.9. The normalized spacial score (nSPS) is 18.3. The molecule has 4 nitrogen and oxygen atoms in total. The zero-order chi connectivity index (χ0) is 50.9. The van der Waals surface area contributed by atoms with Gasteiger partial charge in [-0.05, 0) is 68.6 Å². The van der Waals surface area contributed by atoms with Crippen molar-refractivity contribution in [2.24, 2.45) is 29.6 Å². The SMILES string of the molecule is CCCCCCCCCCCCCCCCCCCCCCCC[C@@H](C(=O)OC)[C@@H](CCCCCCCCC/C=C/[C@@H]1C[C@@H]1[C@H]1C[C@H]1CCCCCCCCCCCCCCCCCCCC)OC(C)=O. The molecule has 0 heterocycles. The van der Waals surface area contributed by atoms with Crippen molar-refractivity contribution in [3.63, 3.8) is 0 Å². The second-order valence-electron chi connectivity index (χ2n) is 24.0. The molecule has 6 atom stereocenters. The number of carbonyl (C=O) groups excluding carboxylic acids is 2. The Labute approximate surface area is 445 Å². The second-order valence-corrected chi connectivity index (χ2v) is 24.0. The topological polar surface area (TPSA) is 52.6 Å². The van der Waals surface area contributed by atoms with Crippen LogP contribution in [0, 0.1) is 29.6 Å². The van der Waals surface area contributed by atoms with Crippen molar-refractivity contribution in [3.8, 4) is 0 Å². The first kappa shape index (κ1) is 65.8. The number of hydrogen-bond acceptors (Lipinski definition) is 4. The number of unbranched alkanes of at least 4 members (excludes halogenated alkanes) is 45. The van der Waals surface area contributed by atoms with Gasteiger partial charge in [-0.15, -0.1) is 0 Å². The van der Waals surface area contributed by atoms with E-state index in [2.05, 4.69) is 26.0 Å². The first-order valence-electron chi connectivity index (χ1n) is 32.9. The fraction of sp³-hybridized carbons (Fsp3) is 0.940. The maximum absolute atomic E-state index is 12.9. The number of rotatable bonds is 57. The molecule has 0 amide bonds. The Morgan fingerprint density at radius 3 is 1.13 bits per heavy atom. The zero-order valence-corrected chi connectivity index (χ0v) is 48.7. The van der Waals surface area contributed by atoms with E-state index in [0.29, 0.717) is 0 Å². The van der Waals surface area contributed by atoms with Gasteiger partial charge in [0.2, 0.25) is 0 Å². The Morgan fingerprint density at radius 2 is 0.761 bits per heavy atom. The quantitative estimate of drug-likeness (QED) is 0.0346. The Hall–Kier alpha value is -1.32. The van der Waals surface area contributed by atoms with E-state index in [4.69, 9.17) is 9.47 Å². The van der Waals surface area contributed by atoms with Crippen LogP contribution < -0.4 is 0 Å². The van der Waals surface area contributed by atoms with E-state index >= 15 is 0 Å². The lowest BCUT2D eigenvalue weighted by Crippen LogP contribution is -2.33. The molecule has 2 rings (SSSR count). The van der Waals surface area contributed by atoms with E-state index in [9.17, 15) is 9.59 Å². The standard InChI is InChI=1S/C67H126O4/c1-5-7-9-11-13-15-17-19-21-23-25-26-27-28-30-32-34-36-40-44-48-52-56-63(67(69)70-4)66(71-60(3)68)57-53-49-45-41-37-39-43-47-51-55-62-59-65(62)64-58-61(64)54-50-46-42-38-35-33-31-29-24-22-20-18-16-14-12-10-8-6-2/h51,55,61-66H,5-50,52-54,56-59H2,1-4H3/b55-51+/t61-,62-,63-,64+,65+,66-/m1/s1. The molecule has 0 bridgehead atoms. The molecular formula is C67H126O4. The summed E-state index contributed by atoms with van der Waals surface area (Å²) in [6.45, 7) is 6.08. The van der Waals surface area contributed by atoms with Crippen molar-refractivity contribution in [2.45, 2.75) is 367 Å². The van der Waals surface area contributed by atoms with Crippen LogP contribution in [-0.4, -0.2) is 25.2 Å². The monoisotopic (exact) mass is 995 g/mol. The van der Waals surface area contributed by atoms with Crippen LogP contribution in [0.2, 0.25) is 0 Å². The number of ether oxygens (including phenoxy) is 2. The molecular weight excluding hydrogens is 869 g/mol. The number of methoxy groups -OCH3 is 1. The summed E-state index contributed by atoms with van der Waals surface area (Å²) in [6.07, 6.45) is 77.1. The molecule has 4 heteroatoms. The van der Waals surface area contributed by atoms with Gasteiger partial charge in [-0.2, -0.15) is 0 Å². The van der Waals surface area contributed by atoms with E-state index in [1.165, 1.54) is 316 Å². The minimum Gasteiger partial charge on any atom is -0.469 e. The number of hydrogen-bond donors (Lipinski definition) is 0. The molecule has 71 heavy (non-hydrogen) atoms. The Bertz CT molecular complexity index is 1180. The summed E-state index contributed by atoms with van der Waals surface area (Å²) in [7, 11) is 1.48. The maximum atomic E-state index is 12.9. The van der Waals surface area contributed by atoms with Gasteiger partial charge < -0.3 is 9.47 Å². The van der Waals surface area contributed by atoms with E-state index < -0.39 is 0 Å². The molecule has 418 valence electrons. The Balaban J connectivity index is 1.36. The minimum atomic E-state index is -0.364. The second kappa shape index (κ2) is 49.6. The molecule has 2 aliphatic rings. The first-order chi connectivity index (χ1) is 35.0. The predicted octanol–water partition coefficient (Wildman–Crippen LogP) is 22.5. The highest BCUT2D eigenvalue weighted by atomic mass is 16.6. The van der Waals surface area contributed by atoms with Crippen molar-refractivity contribution in [2.75, 3.05) is 7.11 Å². The molecule has 2 saturated carbocycles. The van der Waals surface area contributed by atoms with Gasteiger partial charge >= 0.3 is 11.9 Å². The predicted molar refractivity (Wildman–Crippen MR) is 310 cm³/mol. The van der Waals surface area contributed by atoms with E-state index in [1.54, 1.807) is 0 Å². The van der Waals surface area contributed by atoms with Crippen molar-refractivity contribution in [1.29, 1.82) is 0 Å². The number of esters is 2. The zero-order valence-electron chi connectivity index (χ0n) is 48.7. The van der Waals surface area contributed by atoms with Gasteiger partial charge in [0.1, 0.15) is 6.10 Å². The molecule has 0 aromatic heterocycles. The molecule has 0 N–H and O–H groups in total. The molecule has 2 fully saturated rings. The molecule has 0 spiro atoms. The van der Waals surface area contributed by atoms with E-state index in [-0.39, 0.29) is 24.0 Å². The lowest BCUT2D eigenvalue weighted by Gasteiger charge is -2.25. The van der Waals surface area contributed by atoms with Crippen LogP contribution in [-0.2, 0) is 19.1 Å². The average molecular weight is 996 g/mol. The third-order valence-corrected chi connectivity index (χ3v) is 17.2. The highest BCUT2D eigenvalue weighted by Gasteiger charge is 2.51. The minimum absolute atomic E-state index is 0.214. The summed E-state index contributed by atoms with van der Waals surface area (Å²) in [4.78, 5) is 25.0. The molecule has 0 saturated heterocycles. The number of allylic oxidation sites excluding steroid dienone is 2. The number of carbonyl (C=O) groups is 2. The largest absolute Gasteiger partial charge is 0.469 e. The van der Waals surface area contributed by atoms with Gasteiger partial charge in [0.25, 0.3) is 0 Å². The van der Waals surface area contributed by atoms with Crippen molar-refractivity contribution in [1.82, 2.24) is 0 Å². The summed E-state index contributed by atoms with van der Waals surface area (Å²) < 4.78 is 11.0. The van der Waals surface area contributed by atoms with Crippen LogP contribution in [0.5, 0.6) is 0 Å². The fourth-order valence-corrected chi connectivity index (χ4v) is 12.3. The van der Waals surface area contributed by atoms with Crippen LogP contribution in [0.25, 0.3) is 0 Å². The molecule has 2 aliphatic carbocycles. The molecule has 0 aliphatic heterocycles. The van der Waals surface area contributed by atoms with E-state index in [1.807, 2.05) is 0 Å². The molecule has 0 aromatic rings. The average Bonchev–Trinajstić information content (AvgIpc) is 4.31. The van der Waals surface area contributed by atoms with Gasteiger partial charge in [-0.1, -0.05) is 321 Å². The van der Waals surface area contributed by atoms with Crippen molar-refractivity contribution in [3.05, 3.63) is 12.2 Å². The summed E-state index contributed by atoms with van der Waals surface area (Å²) >= 11 is 0. The Morgan fingerprint density at radius 1 is 0.423 bits per heavy atom. The third kappa shape index (κ3) is 40.6. The Kier molecular flexibility index (Phi) is 45.9. The lowest BCUT2D eigenvalue weighted by atomic mass is 9.91. The van der Waals surface area contributed by atoms with Gasteiger partial charge in [0.05, 0.1) is 13.0 Å². The fourth-order valence-electron chi connectivity index (χ4n) is 12.3. The third-order valence-electron chi connectivity index (χ3n) is 17.2. The summed E-state index contributed by atoms with van der Waals surface area (Å²) in [6, 6.07) is 0. The van der Waals surface area contributed by atoms with E-state index in [0.717, 1.165) is 62.2 Å². The maximum Gasteiger partial charge on any atom is 0.312 e. The van der Waals surface area contributed by atoms with Crippen LogP contribution in [0.3, 0.4) is 0 Å². The van der Waals surface area contributed by atoms with Crippen LogP contribution in [0.15, 0.2) is 12.2 Å². The molecule has 0 unspecified atom stereocenters. The van der Waals surface area contributed by atoms with Crippen molar-refractivity contribution < 1.29 is 19.1 Å². The summed E-state index contributed by atoms with van der Waals surface area (Å²) in [5.41, 5.74) is 0. The molecule has 0 aromatic carbocycles. The van der Waals surface area contributed by atoms with Crippen molar-refractivity contribution >= 4 is 11.9 Å². The molecule has 0 radical (unpaired) electrons. The van der Waals surface area contributed by atoms with Crippen LogP contribution in [0.1, 0.15) is 361 Å². The van der Waals surface area contributed by atoms with Gasteiger partial charge in [0.15, 0.2) is 0 Å². The van der Waals surface area contributed by atoms with Crippen LogP contribution in [0.4, 0.5) is 0 Å². The smallest absolute Gasteiger partial charge is 0.312 e. The van der Waals surface area contributed by atoms with Crippen LogP contribution >= 0.6 is 0 Å². The lowest BCUT2D eigenvalue weighted by molar-refractivity contribution is -0.160. The summed E-state index contributed by atoms with van der Waals surface area (Å²) in [5.74, 6) is 3.20. The van der Waals surface area contributed by atoms with Gasteiger partial charge in [0, 0.05) is 6.92 Å². The van der Waals surface area contributed by atoms with Gasteiger partial charge in [-0.25, -0.2) is 0 Å². The highest BCUT2D eigenvalue weighted by molar-refractivity contribution is 5.74. The van der Waals surface area contributed by atoms with Gasteiger partial charge in [-0.3, -0.25) is 9.59 Å².